The predicted molar refractivity (Wildman–Crippen MR) is 54.2 cm³/mol. The second-order valence-corrected chi connectivity index (χ2v) is 3.94. The Hall–Kier alpha value is -0.0400. The van der Waals surface area contributed by atoms with Crippen LogP contribution in [0.25, 0.3) is 0 Å². The van der Waals surface area contributed by atoms with Gasteiger partial charge in [0.1, 0.15) is 0 Å². The summed E-state index contributed by atoms with van der Waals surface area (Å²) < 4.78 is 0. The van der Waals surface area contributed by atoms with Gasteiger partial charge >= 0.3 is 0 Å². The third kappa shape index (κ3) is 5.59. The van der Waals surface area contributed by atoms with Crippen LogP contribution in [0, 0.1) is 11.8 Å². The molecule has 0 saturated heterocycles. The summed E-state index contributed by atoms with van der Waals surface area (Å²) in [6.07, 6.45) is 6.27. The molecular formula is C11H24O. The molecule has 0 rings (SSSR count). The topological polar surface area (TPSA) is 20.2 Å². The van der Waals surface area contributed by atoms with Crippen LogP contribution in [-0.4, -0.2) is 11.7 Å². The van der Waals surface area contributed by atoms with Crippen molar-refractivity contribution in [3.8, 4) is 0 Å². The number of hydrogen-bond acceptors (Lipinski definition) is 1. The molecule has 0 aromatic heterocycles. The molecular weight excluding hydrogens is 148 g/mol. The van der Waals surface area contributed by atoms with Crippen molar-refractivity contribution in [1.82, 2.24) is 0 Å². The zero-order valence-electron chi connectivity index (χ0n) is 8.84. The molecule has 0 aliphatic rings. The molecule has 0 aliphatic heterocycles. The van der Waals surface area contributed by atoms with Crippen molar-refractivity contribution in [2.45, 2.75) is 52.9 Å². The Bertz CT molecular complexity index is 87.0. The van der Waals surface area contributed by atoms with Crippen molar-refractivity contribution in [1.29, 1.82) is 0 Å². The molecule has 0 amide bonds. The monoisotopic (exact) mass is 172 g/mol. The quantitative estimate of drug-likeness (QED) is 0.625. The molecule has 0 unspecified atom stereocenters. The maximum atomic E-state index is 9.00. The molecule has 0 saturated carbocycles. The second-order valence-electron chi connectivity index (χ2n) is 3.94. The fourth-order valence-corrected chi connectivity index (χ4v) is 1.61. The molecule has 0 aromatic carbocycles. The Morgan fingerprint density at radius 1 is 1.25 bits per heavy atom. The third-order valence-corrected chi connectivity index (χ3v) is 2.62. The van der Waals surface area contributed by atoms with E-state index in [9.17, 15) is 0 Å². The Morgan fingerprint density at radius 3 is 2.33 bits per heavy atom. The molecule has 0 fully saturated rings. The molecule has 0 radical (unpaired) electrons. The van der Waals surface area contributed by atoms with E-state index in [1.807, 2.05) is 0 Å². The average molecular weight is 172 g/mol. The van der Waals surface area contributed by atoms with Crippen molar-refractivity contribution in [3.63, 3.8) is 0 Å². The lowest BCUT2D eigenvalue weighted by Gasteiger charge is -2.16. The number of unbranched alkanes of at least 4 members (excludes halogenated alkanes) is 1. The fourth-order valence-electron chi connectivity index (χ4n) is 1.61. The molecule has 1 N–H and O–H groups in total. The molecule has 12 heavy (non-hydrogen) atoms. The molecule has 0 aliphatic carbocycles. The van der Waals surface area contributed by atoms with Gasteiger partial charge in [0.2, 0.25) is 0 Å². The summed E-state index contributed by atoms with van der Waals surface area (Å²) in [6, 6.07) is 0. The van der Waals surface area contributed by atoms with Crippen LogP contribution in [0.1, 0.15) is 52.9 Å². The van der Waals surface area contributed by atoms with Crippen molar-refractivity contribution < 1.29 is 5.11 Å². The minimum absolute atomic E-state index is 0.368. The molecule has 1 heteroatoms. The maximum absolute atomic E-state index is 9.00. The molecule has 0 spiro atoms. The summed E-state index contributed by atoms with van der Waals surface area (Å²) in [5.41, 5.74) is 0. The predicted octanol–water partition coefficient (Wildman–Crippen LogP) is 3.22. The minimum atomic E-state index is 0.368. The normalized spacial score (nSPS) is 16.0. The van der Waals surface area contributed by atoms with Gasteiger partial charge in [-0.3, -0.25) is 0 Å². The lowest BCUT2D eigenvalue weighted by molar-refractivity contribution is 0.196. The van der Waals surface area contributed by atoms with Crippen LogP contribution in [0.2, 0.25) is 0 Å². The lowest BCUT2D eigenvalue weighted by atomic mass is 9.91. The highest BCUT2D eigenvalue weighted by molar-refractivity contribution is 4.61. The summed E-state index contributed by atoms with van der Waals surface area (Å²) in [6.45, 7) is 7.06. The first kappa shape index (κ1) is 12.0. The van der Waals surface area contributed by atoms with E-state index in [0.29, 0.717) is 12.5 Å². The molecule has 0 bridgehead atoms. The van der Waals surface area contributed by atoms with Crippen molar-refractivity contribution in [2.24, 2.45) is 11.8 Å². The van der Waals surface area contributed by atoms with E-state index < -0.39 is 0 Å². The standard InChI is InChI=1S/C11H24O/c1-4-6-7-10(3)8-11(5-2)9-12/h10-12H,4-9H2,1-3H3/t10-,11+/m0/s1. The Balaban J connectivity index is 3.44. The summed E-state index contributed by atoms with van der Waals surface area (Å²) in [5.74, 6) is 1.33. The first-order valence-electron chi connectivity index (χ1n) is 5.35. The van der Waals surface area contributed by atoms with Crippen LogP contribution in [0.3, 0.4) is 0 Å². The van der Waals surface area contributed by atoms with Crippen molar-refractivity contribution >= 4 is 0 Å². The number of rotatable bonds is 7. The van der Waals surface area contributed by atoms with Crippen LogP contribution in [0.5, 0.6) is 0 Å². The molecule has 0 heterocycles. The summed E-state index contributed by atoms with van der Waals surface area (Å²) >= 11 is 0. The fraction of sp³-hybridized carbons (Fsp3) is 1.00. The van der Waals surface area contributed by atoms with E-state index >= 15 is 0 Å². The van der Waals surface area contributed by atoms with E-state index in [4.69, 9.17) is 5.11 Å². The molecule has 1 nitrogen and oxygen atoms in total. The van der Waals surface area contributed by atoms with Gasteiger partial charge in [-0.15, -0.1) is 0 Å². The van der Waals surface area contributed by atoms with Crippen LogP contribution >= 0.6 is 0 Å². The van der Waals surface area contributed by atoms with Crippen molar-refractivity contribution in [3.05, 3.63) is 0 Å². The average Bonchev–Trinajstić information content (AvgIpc) is 2.10. The van der Waals surface area contributed by atoms with E-state index in [0.717, 1.165) is 12.3 Å². The SMILES string of the molecule is CCCC[C@H](C)C[C@@H](CC)CO. The molecule has 0 aromatic rings. The summed E-state index contributed by atoms with van der Waals surface area (Å²) in [5, 5.41) is 9.00. The number of hydrogen-bond donors (Lipinski definition) is 1. The highest BCUT2D eigenvalue weighted by Crippen LogP contribution is 2.19. The van der Waals surface area contributed by atoms with Gasteiger partial charge in [-0.05, 0) is 18.3 Å². The van der Waals surface area contributed by atoms with Crippen LogP contribution in [0.15, 0.2) is 0 Å². The Labute approximate surface area is 77.2 Å². The summed E-state index contributed by atoms with van der Waals surface area (Å²) in [4.78, 5) is 0. The zero-order chi connectivity index (χ0) is 9.40. The Kier molecular flexibility index (Phi) is 7.58. The largest absolute Gasteiger partial charge is 0.396 e. The van der Waals surface area contributed by atoms with E-state index in [-0.39, 0.29) is 0 Å². The van der Waals surface area contributed by atoms with Crippen LogP contribution in [0.4, 0.5) is 0 Å². The number of aliphatic hydroxyl groups excluding tert-OH is 1. The third-order valence-electron chi connectivity index (χ3n) is 2.62. The second kappa shape index (κ2) is 7.60. The Morgan fingerprint density at radius 2 is 1.92 bits per heavy atom. The van der Waals surface area contributed by atoms with Crippen molar-refractivity contribution in [2.75, 3.05) is 6.61 Å². The number of aliphatic hydroxyl groups is 1. The van der Waals surface area contributed by atoms with Gasteiger partial charge in [-0.1, -0.05) is 46.5 Å². The smallest absolute Gasteiger partial charge is 0.0459 e. The van der Waals surface area contributed by atoms with Gasteiger partial charge in [-0.2, -0.15) is 0 Å². The highest BCUT2D eigenvalue weighted by atomic mass is 16.3. The molecule has 2 atom stereocenters. The first-order valence-corrected chi connectivity index (χ1v) is 5.35. The van der Waals surface area contributed by atoms with Crippen LogP contribution in [-0.2, 0) is 0 Å². The maximum Gasteiger partial charge on any atom is 0.0459 e. The van der Waals surface area contributed by atoms with Gasteiger partial charge in [0.25, 0.3) is 0 Å². The highest BCUT2D eigenvalue weighted by Gasteiger charge is 2.09. The van der Waals surface area contributed by atoms with Gasteiger partial charge in [0, 0.05) is 6.61 Å². The first-order chi connectivity index (χ1) is 5.74. The van der Waals surface area contributed by atoms with Gasteiger partial charge in [0.05, 0.1) is 0 Å². The van der Waals surface area contributed by atoms with Gasteiger partial charge in [-0.25, -0.2) is 0 Å². The zero-order valence-corrected chi connectivity index (χ0v) is 8.84. The lowest BCUT2D eigenvalue weighted by Crippen LogP contribution is -2.09. The summed E-state index contributed by atoms with van der Waals surface area (Å²) in [7, 11) is 0. The van der Waals surface area contributed by atoms with E-state index in [2.05, 4.69) is 20.8 Å². The van der Waals surface area contributed by atoms with Gasteiger partial charge < -0.3 is 5.11 Å². The van der Waals surface area contributed by atoms with Gasteiger partial charge in [0.15, 0.2) is 0 Å². The minimum Gasteiger partial charge on any atom is -0.396 e. The van der Waals surface area contributed by atoms with Crippen LogP contribution < -0.4 is 0 Å². The van der Waals surface area contributed by atoms with E-state index in [1.165, 1.54) is 25.7 Å². The van der Waals surface area contributed by atoms with E-state index in [1.54, 1.807) is 0 Å². The molecule has 74 valence electrons.